The maximum Gasteiger partial charge on any atom is 0.200 e. The maximum absolute atomic E-state index is 6.66. The van der Waals surface area contributed by atoms with E-state index in [-0.39, 0.29) is 0 Å². The molecule has 2 nitrogen and oxygen atoms in total. The lowest BCUT2D eigenvalue weighted by Gasteiger charge is -2.42. The summed E-state index contributed by atoms with van der Waals surface area (Å²) < 4.78 is 12.9. The van der Waals surface area contributed by atoms with Crippen LogP contribution in [0.3, 0.4) is 0 Å². The second-order valence-electron chi connectivity index (χ2n) is 11.2. The van der Waals surface area contributed by atoms with Crippen LogP contribution in [0.4, 0.5) is 0 Å². The molecule has 0 atom stereocenters. The van der Waals surface area contributed by atoms with Crippen LogP contribution >= 0.6 is 0 Å². The Morgan fingerprint density at radius 2 is 0.893 bits per heavy atom. The van der Waals surface area contributed by atoms with Crippen molar-refractivity contribution in [1.82, 2.24) is 0 Å². The highest BCUT2D eigenvalue weighted by Crippen LogP contribution is 2.42. The zero-order valence-corrected chi connectivity index (χ0v) is 23.4. The van der Waals surface area contributed by atoms with Gasteiger partial charge in [0.15, 0.2) is 16.6 Å². The van der Waals surface area contributed by atoms with Crippen molar-refractivity contribution >= 4 is 16.6 Å². The normalized spacial score (nSPS) is 13.9. The molecular formula is C24H54O2Si2. The van der Waals surface area contributed by atoms with E-state index >= 15 is 0 Å². The largest absolute Gasteiger partial charge is 0.417 e. The summed E-state index contributed by atoms with van der Waals surface area (Å²) in [6.45, 7) is 27.8. The molecule has 0 amide bonds. The molecule has 0 aromatic heterocycles. The van der Waals surface area contributed by atoms with Gasteiger partial charge < -0.3 is 8.85 Å². The monoisotopic (exact) mass is 430 g/mol. The first-order chi connectivity index (χ1) is 12.8. The molecule has 0 saturated carbocycles. The smallest absolute Gasteiger partial charge is 0.200 e. The topological polar surface area (TPSA) is 18.5 Å². The van der Waals surface area contributed by atoms with E-state index < -0.39 is 16.6 Å². The second-order valence-corrected chi connectivity index (χ2v) is 21.5. The highest BCUT2D eigenvalue weighted by atomic mass is 28.4. The lowest BCUT2D eigenvalue weighted by molar-refractivity contribution is 0.266. The lowest BCUT2D eigenvalue weighted by Crippen LogP contribution is -2.47. The minimum absolute atomic E-state index is 0.330. The van der Waals surface area contributed by atoms with Crippen LogP contribution in [-0.4, -0.2) is 29.8 Å². The summed E-state index contributed by atoms with van der Waals surface area (Å²) in [6, 6.07) is 0. The average molecular weight is 431 g/mol. The summed E-state index contributed by atoms with van der Waals surface area (Å²) in [5.41, 5.74) is 2.09. The van der Waals surface area contributed by atoms with Crippen LogP contribution in [0.1, 0.15) is 107 Å². The summed E-state index contributed by atoms with van der Waals surface area (Å²) in [5.74, 6) is 0. The molecule has 0 rings (SSSR count). The van der Waals surface area contributed by atoms with Gasteiger partial charge in [-0.25, -0.2) is 0 Å². The molecule has 0 spiro atoms. The fraction of sp³-hybridized carbons (Fsp3) is 1.00. The SMILES string of the molecule is CC(C)[Si](OCCCCCCCCCO[Si](C)(C)C(C)(C)C)(C(C)C)C(C)C. The van der Waals surface area contributed by atoms with Gasteiger partial charge in [-0.15, -0.1) is 0 Å². The second kappa shape index (κ2) is 12.9. The van der Waals surface area contributed by atoms with E-state index in [0.29, 0.717) is 21.7 Å². The quantitative estimate of drug-likeness (QED) is 0.191. The predicted molar refractivity (Wildman–Crippen MR) is 132 cm³/mol. The van der Waals surface area contributed by atoms with Gasteiger partial charge in [0.25, 0.3) is 0 Å². The Kier molecular flexibility index (Phi) is 13.1. The minimum atomic E-state index is -1.66. The zero-order chi connectivity index (χ0) is 22.0. The standard InChI is InChI=1S/C24H54O2Si2/c1-21(2)28(22(3)4,23(5)6)26-20-18-16-14-12-13-15-17-19-25-27(10,11)24(7,8)9/h21-23H,12-20H2,1-11H3. The van der Waals surface area contributed by atoms with Gasteiger partial charge in [-0.05, 0) is 47.6 Å². The van der Waals surface area contributed by atoms with Crippen LogP contribution in [-0.2, 0) is 8.85 Å². The molecule has 0 unspecified atom stereocenters. The average Bonchev–Trinajstić information content (AvgIpc) is 2.53. The summed E-state index contributed by atoms with van der Waals surface area (Å²) in [7, 11) is -3.20. The first kappa shape index (κ1) is 28.4. The van der Waals surface area contributed by atoms with Crippen LogP contribution in [0.15, 0.2) is 0 Å². The van der Waals surface area contributed by atoms with Crippen molar-refractivity contribution in [2.45, 2.75) is 142 Å². The van der Waals surface area contributed by atoms with Crippen LogP contribution in [0, 0.1) is 0 Å². The molecule has 4 heteroatoms. The van der Waals surface area contributed by atoms with E-state index in [4.69, 9.17) is 8.85 Å². The Balaban J connectivity index is 3.86. The number of hydrogen-bond donors (Lipinski definition) is 0. The predicted octanol–water partition coefficient (Wildman–Crippen LogP) is 8.93. The third-order valence-electron chi connectivity index (χ3n) is 7.12. The van der Waals surface area contributed by atoms with Crippen molar-refractivity contribution in [2.24, 2.45) is 0 Å². The lowest BCUT2D eigenvalue weighted by atomic mass is 10.1. The van der Waals surface area contributed by atoms with Gasteiger partial charge in [0.1, 0.15) is 0 Å². The van der Waals surface area contributed by atoms with Gasteiger partial charge in [-0.1, -0.05) is 94.4 Å². The molecule has 0 saturated heterocycles. The maximum atomic E-state index is 6.66. The van der Waals surface area contributed by atoms with Gasteiger partial charge in [0.05, 0.1) is 0 Å². The Labute approximate surface area is 180 Å². The summed E-state index contributed by atoms with van der Waals surface area (Å²) in [5, 5.41) is 0.330. The summed E-state index contributed by atoms with van der Waals surface area (Å²) in [4.78, 5) is 0. The van der Waals surface area contributed by atoms with Crippen molar-refractivity contribution in [3.05, 3.63) is 0 Å². The Morgan fingerprint density at radius 3 is 1.21 bits per heavy atom. The fourth-order valence-electron chi connectivity index (χ4n) is 4.38. The first-order valence-corrected chi connectivity index (χ1v) is 17.1. The summed E-state index contributed by atoms with van der Waals surface area (Å²) in [6.07, 6.45) is 9.16. The third-order valence-corrected chi connectivity index (χ3v) is 17.8. The van der Waals surface area contributed by atoms with E-state index in [9.17, 15) is 0 Å². The molecule has 0 aliphatic heterocycles. The number of hydrogen-bond acceptors (Lipinski definition) is 2. The van der Waals surface area contributed by atoms with Gasteiger partial charge in [0.2, 0.25) is 0 Å². The molecule has 0 radical (unpaired) electrons. The van der Waals surface area contributed by atoms with E-state index in [1.807, 2.05) is 0 Å². The van der Waals surface area contributed by atoms with Crippen LogP contribution in [0.25, 0.3) is 0 Å². The number of rotatable bonds is 15. The van der Waals surface area contributed by atoms with E-state index in [2.05, 4.69) is 75.4 Å². The van der Waals surface area contributed by atoms with Gasteiger partial charge >= 0.3 is 0 Å². The van der Waals surface area contributed by atoms with Gasteiger partial charge in [0, 0.05) is 13.2 Å². The highest BCUT2D eigenvalue weighted by Gasteiger charge is 2.44. The number of unbranched alkanes of at least 4 members (excludes halogenated alkanes) is 6. The Bertz CT molecular complexity index is 376. The van der Waals surface area contributed by atoms with E-state index in [1.54, 1.807) is 0 Å². The van der Waals surface area contributed by atoms with Crippen molar-refractivity contribution in [3.8, 4) is 0 Å². The summed E-state index contributed by atoms with van der Waals surface area (Å²) >= 11 is 0. The van der Waals surface area contributed by atoms with Crippen LogP contribution in [0.2, 0.25) is 34.8 Å². The van der Waals surface area contributed by atoms with E-state index in [1.165, 1.54) is 44.9 Å². The zero-order valence-electron chi connectivity index (χ0n) is 21.4. The Hall–Kier alpha value is 0.354. The van der Waals surface area contributed by atoms with E-state index in [0.717, 1.165) is 13.2 Å². The highest BCUT2D eigenvalue weighted by molar-refractivity contribution is 6.77. The minimum Gasteiger partial charge on any atom is -0.417 e. The molecule has 28 heavy (non-hydrogen) atoms. The molecule has 0 N–H and O–H groups in total. The molecule has 0 bridgehead atoms. The van der Waals surface area contributed by atoms with Crippen LogP contribution in [0.5, 0.6) is 0 Å². The van der Waals surface area contributed by atoms with Crippen molar-refractivity contribution < 1.29 is 8.85 Å². The molecule has 0 aromatic rings. The molecule has 0 fully saturated rings. The fourth-order valence-corrected chi connectivity index (χ4v) is 11.0. The molecule has 0 aromatic carbocycles. The molecule has 0 heterocycles. The molecule has 0 aliphatic rings. The van der Waals surface area contributed by atoms with Gasteiger partial charge in [-0.3, -0.25) is 0 Å². The molecule has 170 valence electrons. The van der Waals surface area contributed by atoms with Crippen molar-refractivity contribution in [2.75, 3.05) is 13.2 Å². The van der Waals surface area contributed by atoms with Gasteiger partial charge in [-0.2, -0.15) is 0 Å². The molecule has 0 aliphatic carbocycles. The Morgan fingerprint density at radius 1 is 0.571 bits per heavy atom. The third kappa shape index (κ3) is 9.01. The molecular weight excluding hydrogens is 376 g/mol. The first-order valence-electron chi connectivity index (χ1n) is 12.1. The van der Waals surface area contributed by atoms with Crippen LogP contribution < -0.4 is 0 Å². The van der Waals surface area contributed by atoms with Crippen molar-refractivity contribution in [3.63, 3.8) is 0 Å². The van der Waals surface area contributed by atoms with Crippen molar-refractivity contribution in [1.29, 1.82) is 0 Å².